The molecule has 8 amide bonds. The summed E-state index contributed by atoms with van der Waals surface area (Å²) in [6, 6.07) is 12.2. The number of aromatic hydroxyl groups is 1. The number of carbonyl (C=O) groups excluding carboxylic acids is 8. The van der Waals surface area contributed by atoms with E-state index in [-0.39, 0.29) is 37.4 Å². The summed E-state index contributed by atoms with van der Waals surface area (Å²) in [7, 11) is 0. The number of aromatic amines is 1. The topological polar surface area (TPSA) is 382 Å². The van der Waals surface area contributed by atoms with Gasteiger partial charge in [0.1, 0.15) is 48.0 Å². The number of phenolic OH excluding ortho intramolecular Hbond substituents is 1. The highest BCUT2D eigenvalue weighted by Crippen LogP contribution is 2.15. The van der Waals surface area contributed by atoms with E-state index in [0.29, 0.717) is 35.2 Å². The number of aromatic nitrogens is 2. The number of H-pyrrole nitrogens is 1. The molecule has 432 valence electrons. The molecule has 3 aromatic carbocycles. The van der Waals surface area contributed by atoms with Crippen molar-refractivity contribution in [1.29, 1.82) is 0 Å². The van der Waals surface area contributed by atoms with Crippen LogP contribution in [-0.4, -0.2) is 139 Å². The molecular weight excluding hydrogens is 1030 g/mol. The molecule has 4 aromatic rings. The molecule has 0 saturated heterocycles. The Balaban J connectivity index is 1.51. The molecule has 80 heavy (non-hydrogen) atoms. The van der Waals surface area contributed by atoms with Crippen molar-refractivity contribution >= 4 is 59.2 Å². The first kappa shape index (κ1) is 63.9. The Morgan fingerprint density at radius 2 is 0.988 bits per heavy atom. The van der Waals surface area contributed by atoms with Gasteiger partial charge in [0.15, 0.2) is 0 Å². The summed E-state index contributed by atoms with van der Waals surface area (Å²) in [5, 5.41) is 50.0. The molecule has 4 rings (SSSR count). The number of phenols is 1. The van der Waals surface area contributed by atoms with Gasteiger partial charge >= 0.3 is 11.9 Å². The Morgan fingerprint density at radius 1 is 0.525 bits per heavy atom. The standard InChI is InChI=1S/C56H75N11O13/c1-7-32(5)46(57)53(76)63-40(23-34-15-11-9-12-16-34)50(73)62-39(24-36-19-21-38(68)22-20-36)49(72)59-29-44(69)61-41(26-37-28-58-30-60-37)52(75)67-48(33(6)8-2)55(78)66-47(31(3)4)54(77)64-42(27-45(70)71)51(74)65-43(56(79)80)25-35-17-13-10-14-18-35/h9-22,28,30-33,39-43,46-48,68H,7-8,23-27,29,57H2,1-6H3,(H,58,60)(H,59,72)(H,61,69)(H,62,73)(H,63,76)(H,64,77)(H,65,74)(H,66,78)(H,67,75)(H,70,71)(H,79,80)/t32-,33-,39-,40-,41-,42-,43-,46-,47-,48-/m0/s1. The predicted octanol–water partition coefficient (Wildman–Crippen LogP) is 0.530. The predicted molar refractivity (Wildman–Crippen MR) is 293 cm³/mol. The normalized spacial score (nSPS) is 14.8. The van der Waals surface area contributed by atoms with Gasteiger partial charge < -0.3 is 68.6 Å². The third-order valence-corrected chi connectivity index (χ3v) is 13.5. The van der Waals surface area contributed by atoms with Gasteiger partial charge in [-0.05, 0) is 46.6 Å². The summed E-state index contributed by atoms with van der Waals surface area (Å²) in [4.78, 5) is 142. The number of aliphatic carboxylic acids is 2. The van der Waals surface area contributed by atoms with Crippen LogP contribution in [0.2, 0.25) is 0 Å². The van der Waals surface area contributed by atoms with Gasteiger partial charge in [-0.3, -0.25) is 43.2 Å². The summed E-state index contributed by atoms with van der Waals surface area (Å²) in [6.07, 6.45) is 2.32. The largest absolute Gasteiger partial charge is 0.508 e. The molecule has 0 spiro atoms. The Bertz CT molecular complexity index is 2710. The van der Waals surface area contributed by atoms with Gasteiger partial charge in [0.2, 0.25) is 47.3 Å². The second kappa shape index (κ2) is 31.7. The van der Waals surface area contributed by atoms with Gasteiger partial charge in [-0.25, -0.2) is 9.78 Å². The van der Waals surface area contributed by atoms with Gasteiger partial charge in [0.25, 0.3) is 0 Å². The zero-order valence-corrected chi connectivity index (χ0v) is 45.7. The maximum atomic E-state index is 14.3. The van der Waals surface area contributed by atoms with Gasteiger partial charge in [-0.15, -0.1) is 0 Å². The Kier molecular flexibility index (Phi) is 25.3. The van der Waals surface area contributed by atoms with Crippen molar-refractivity contribution in [2.45, 2.75) is 135 Å². The zero-order valence-electron chi connectivity index (χ0n) is 45.7. The fourth-order valence-corrected chi connectivity index (χ4v) is 8.25. The van der Waals surface area contributed by atoms with Crippen molar-refractivity contribution in [3.63, 3.8) is 0 Å². The van der Waals surface area contributed by atoms with Crippen LogP contribution in [0.5, 0.6) is 5.75 Å². The molecule has 0 fully saturated rings. The summed E-state index contributed by atoms with van der Waals surface area (Å²) < 4.78 is 0. The summed E-state index contributed by atoms with van der Waals surface area (Å²) >= 11 is 0. The van der Waals surface area contributed by atoms with Crippen LogP contribution in [0.3, 0.4) is 0 Å². The molecule has 0 unspecified atom stereocenters. The number of hydrogen-bond donors (Lipinski definition) is 13. The average Bonchev–Trinajstić information content (AvgIpc) is 3.96. The Hall–Kier alpha value is -8.67. The summed E-state index contributed by atoms with van der Waals surface area (Å²) in [5.74, 6) is -11.2. The minimum absolute atomic E-state index is 0.0395. The number of nitrogens with one attached hydrogen (secondary N) is 9. The molecule has 10 atom stereocenters. The number of amides is 8. The lowest BCUT2D eigenvalue weighted by atomic mass is 9.95. The number of benzene rings is 3. The summed E-state index contributed by atoms with van der Waals surface area (Å²) in [5.41, 5.74) is 8.41. The zero-order chi connectivity index (χ0) is 59.1. The number of rotatable bonds is 32. The number of carbonyl (C=O) groups is 10. The van der Waals surface area contributed by atoms with E-state index in [1.807, 2.05) is 6.92 Å². The maximum absolute atomic E-state index is 14.3. The van der Waals surface area contributed by atoms with E-state index in [4.69, 9.17) is 5.73 Å². The van der Waals surface area contributed by atoms with Crippen LogP contribution < -0.4 is 48.3 Å². The molecule has 14 N–H and O–H groups in total. The van der Waals surface area contributed by atoms with Gasteiger partial charge in [-0.1, -0.05) is 127 Å². The van der Waals surface area contributed by atoms with Crippen molar-refractivity contribution in [2.75, 3.05) is 6.54 Å². The van der Waals surface area contributed by atoms with Gasteiger partial charge in [0, 0.05) is 37.6 Å². The lowest BCUT2D eigenvalue weighted by Gasteiger charge is -2.30. The highest BCUT2D eigenvalue weighted by Gasteiger charge is 2.37. The minimum atomic E-state index is -1.77. The smallest absolute Gasteiger partial charge is 0.326 e. The first-order valence-corrected chi connectivity index (χ1v) is 26.4. The van der Waals surface area contributed by atoms with Crippen LogP contribution >= 0.6 is 0 Å². The van der Waals surface area contributed by atoms with E-state index in [1.54, 1.807) is 107 Å². The average molecular weight is 1110 g/mol. The SMILES string of the molecule is CC[C@H](C)[C@H](N)C(=O)N[C@@H](Cc1ccccc1)C(=O)N[C@@H](Cc1ccc(O)cc1)C(=O)NCC(=O)N[C@@H](Cc1cnc[nH]1)C(=O)N[C@H](C(=O)N[C@H](C(=O)N[C@@H](CC(=O)O)C(=O)N[C@@H](Cc1ccccc1)C(=O)O)C(C)C)[C@@H](C)CC. The number of nitrogens with two attached hydrogens (primary N) is 1. The second-order valence-electron chi connectivity index (χ2n) is 20.1. The molecule has 0 aliphatic carbocycles. The maximum Gasteiger partial charge on any atom is 0.326 e. The minimum Gasteiger partial charge on any atom is -0.508 e. The fourth-order valence-electron chi connectivity index (χ4n) is 8.25. The molecule has 24 nitrogen and oxygen atoms in total. The third kappa shape index (κ3) is 20.6. The van der Waals surface area contributed by atoms with E-state index in [9.17, 15) is 63.3 Å². The lowest BCUT2D eigenvalue weighted by Crippen LogP contribution is -2.61. The van der Waals surface area contributed by atoms with Crippen molar-refractivity contribution in [1.82, 2.24) is 52.5 Å². The third-order valence-electron chi connectivity index (χ3n) is 13.5. The summed E-state index contributed by atoms with van der Waals surface area (Å²) in [6.45, 7) is 9.50. The van der Waals surface area contributed by atoms with Crippen molar-refractivity contribution < 1.29 is 63.3 Å². The molecule has 0 aliphatic rings. The van der Waals surface area contributed by atoms with Gasteiger partial charge in [0.05, 0.1) is 25.3 Å². The van der Waals surface area contributed by atoms with E-state index >= 15 is 0 Å². The molecule has 0 radical (unpaired) electrons. The van der Waals surface area contributed by atoms with Crippen LogP contribution in [-0.2, 0) is 73.6 Å². The number of carboxylic acid groups (broad SMARTS) is 2. The van der Waals surface area contributed by atoms with Crippen molar-refractivity contribution in [3.05, 3.63) is 120 Å². The number of hydrogen-bond acceptors (Lipinski definition) is 13. The Morgan fingerprint density at radius 3 is 1.51 bits per heavy atom. The first-order chi connectivity index (χ1) is 38.0. The number of imidazole rings is 1. The van der Waals surface area contributed by atoms with E-state index in [1.165, 1.54) is 24.7 Å². The number of nitrogens with zero attached hydrogens (tertiary/aromatic N) is 1. The second-order valence-corrected chi connectivity index (χ2v) is 20.1. The monoisotopic (exact) mass is 1110 g/mol. The lowest BCUT2D eigenvalue weighted by molar-refractivity contribution is -0.143. The van der Waals surface area contributed by atoms with E-state index < -0.39 is 132 Å². The molecule has 1 aromatic heterocycles. The van der Waals surface area contributed by atoms with Crippen LogP contribution in [0.4, 0.5) is 0 Å². The molecular formula is C56H75N11O13. The van der Waals surface area contributed by atoms with Crippen molar-refractivity contribution in [3.8, 4) is 5.75 Å². The van der Waals surface area contributed by atoms with Crippen LogP contribution in [0, 0.1) is 17.8 Å². The fraction of sp³-hybridized carbons (Fsp3) is 0.446. The van der Waals surface area contributed by atoms with Crippen LogP contribution in [0.15, 0.2) is 97.5 Å². The molecule has 0 aliphatic heterocycles. The highest BCUT2D eigenvalue weighted by atomic mass is 16.4. The van der Waals surface area contributed by atoms with Crippen LogP contribution in [0.25, 0.3) is 0 Å². The number of carboxylic acids is 2. The van der Waals surface area contributed by atoms with E-state index in [0.717, 1.165) is 0 Å². The first-order valence-electron chi connectivity index (χ1n) is 26.4. The molecule has 0 saturated carbocycles. The molecule has 24 heteroatoms. The molecule has 0 bridgehead atoms. The van der Waals surface area contributed by atoms with E-state index in [2.05, 4.69) is 52.5 Å². The quantitative estimate of drug-likeness (QED) is 0.0317. The highest BCUT2D eigenvalue weighted by molar-refractivity contribution is 5.98. The van der Waals surface area contributed by atoms with Crippen LogP contribution in [0.1, 0.15) is 83.2 Å². The Labute approximate surface area is 464 Å². The van der Waals surface area contributed by atoms with Crippen molar-refractivity contribution in [2.24, 2.45) is 23.5 Å². The molecule has 1 heterocycles. The van der Waals surface area contributed by atoms with Gasteiger partial charge in [-0.2, -0.15) is 0 Å².